The summed E-state index contributed by atoms with van der Waals surface area (Å²) in [5.74, 6) is 1.99. The van der Waals surface area contributed by atoms with Gasteiger partial charge in [-0.15, -0.1) is 0 Å². The third kappa shape index (κ3) is 1.96. The van der Waals surface area contributed by atoms with E-state index in [1.807, 2.05) is 18.2 Å². The van der Waals surface area contributed by atoms with Gasteiger partial charge in [0.1, 0.15) is 5.69 Å². The van der Waals surface area contributed by atoms with Gasteiger partial charge in [0.25, 0.3) is 0 Å². The van der Waals surface area contributed by atoms with Crippen molar-refractivity contribution in [2.45, 2.75) is 0 Å². The van der Waals surface area contributed by atoms with E-state index < -0.39 is 0 Å². The minimum absolute atomic E-state index is 0.229. The average Bonchev–Trinajstić information content (AvgIpc) is 3.13. The maximum absolute atomic E-state index is 5.39. The van der Waals surface area contributed by atoms with E-state index in [2.05, 4.69) is 20.2 Å². The summed E-state index contributed by atoms with van der Waals surface area (Å²) in [6, 6.07) is 5.58. The zero-order chi connectivity index (χ0) is 14.2. The highest BCUT2D eigenvalue weighted by molar-refractivity contribution is 7.71. The van der Waals surface area contributed by atoms with E-state index in [-0.39, 0.29) is 6.79 Å². The Morgan fingerprint density at radius 1 is 1.19 bits per heavy atom. The van der Waals surface area contributed by atoms with Crippen LogP contribution in [0.3, 0.4) is 0 Å². The Morgan fingerprint density at radius 2 is 2.10 bits per heavy atom. The number of aromatic amines is 1. The van der Waals surface area contributed by atoms with Crippen molar-refractivity contribution < 1.29 is 9.47 Å². The normalized spacial score (nSPS) is 12.6. The second-order valence-electron chi connectivity index (χ2n) is 4.32. The summed E-state index contributed by atoms with van der Waals surface area (Å²) in [6.45, 7) is 0.229. The van der Waals surface area contributed by atoms with E-state index in [4.69, 9.17) is 21.7 Å². The SMILES string of the molecule is S=c1[nH]nc(-c2cnccn2)n1-c1ccc2c(c1)OCO2. The maximum Gasteiger partial charge on any atom is 0.231 e. The van der Waals surface area contributed by atoms with Crippen LogP contribution in [0.15, 0.2) is 36.8 Å². The first-order valence-corrected chi connectivity index (χ1v) is 6.57. The molecular weight excluding hydrogens is 290 g/mol. The van der Waals surface area contributed by atoms with Crippen molar-refractivity contribution in [3.8, 4) is 28.7 Å². The molecule has 3 aromatic rings. The molecule has 0 amide bonds. The standard InChI is InChI=1S/C13H9N5O2S/c21-13-17-16-12(9-6-14-3-4-15-9)18(13)8-1-2-10-11(5-8)20-7-19-10/h1-6H,7H2,(H,17,21). The van der Waals surface area contributed by atoms with Crippen LogP contribution >= 0.6 is 12.2 Å². The number of nitrogens with zero attached hydrogens (tertiary/aromatic N) is 4. The van der Waals surface area contributed by atoms with Crippen LogP contribution in [0.2, 0.25) is 0 Å². The summed E-state index contributed by atoms with van der Waals surface area (Å²) in [5.41, 5.74) is 1.45. The molecule has 0 unspecified atom stereocenters. The Morgan fingerprint density at radius 3 is 2.95 bits per heavy atom. The van der Waals surface area contributed by atoms with Gasteiger partial charge in [-0.05, 0) is 24.4 Å². The Labute approximate surface area is 124 Å². The van der Waals surface area contributed by atoms with Crippen LogP contribution < -0.4 is 9.47 Å². The van der Waals surface area contributed by atoms with Gasteiger partial charge < -0.3 is 9.47 Å². The largest absolute Gasteiger partial charge is 0.454 e. The molecule has 0 aliphatic carbocycles. The van der Waals surface area contributed by atoms with Gasteiger partial charge >= 0.3 is 0 Å². The molecule has 0 saturated heterocycles. The minimum Gasteiger partial charge on any atom is -0.454 e. The third-order valence-electron chi connectivity index (χ3n) is 3.08. The predicted molar refractivity (Wildman–Crippen MR) is 75.9 cm³/mol. The molecule has 1 aromatic carbocycles. The highest BCUT2D eigenvalue weighted by atomic mass is 32.1. The van der Waals surface area contributed by atoms with Crippen molar-refractivity contribution in [3.05, 3.63) is 41.6 Å². The minimum atomic E-state index is 0.229. The molecule has 0 fully saturated rings. The lowest BCUT2D eigenvalue weighted by Crippen LogP contribution is -1.99. The van der Waals surface area contributed by atoms with Crippen molar-refractivity contribution in [1.29, 1.82) is 0 Å². The number of rotatable bonds is 2. The first kappa shape index (κ1) is 12.0. The fourth-order valence-electron chi connectivity index (χ4n) is 2.15. The summed E-state index contributed by atoms with van der Waals surface area (Å²) >= 11 is 5.31. The fourth-order valence-corrected chi connectivity index (χ4v) is 2.38. The van der Waals surface area contributed by atoms with Crippen LogP contribution in [0, 0.1) is 4.77 Å². The number of aromatic nitrogens is 5. The number of H-pyrrole nitrogens is 1. The second-order valence-corrected chi connectivity index (χ2v) is 4.70. The third-order valence-corrected chi connectivity index (χ3v) is 3.35. The predicted octanol–water partition coefficient (Wildman–Crippen LogP) is 2.12. The first-order valence-electron chi connectivity index (χ1n) is 6.17. The van der Waals surface area contributed by atoms with Crippen LogP contribution in [0.5, 0.6) is 11.5 Å². The summed E-state index contributed by atoms with van der Waals surface area (Å²) in [6.07, 6.45) is 4.85. The highest BCUT2D eigenvalue weighted by Gasteiger charge is 2.17. The number of hydrogen-bond acceptors (Lipinski definition) is 6. The van der Waals surface area contributed by atoms with Crippen LogP contribution in [-0.2, 0) is 0 Å². The van der Waals surface area contributed by atoms with Crippen molar-refractivity contribution in [2.24, 2.45) is 0 Å². The van der Waals surface area contributed by atoms with Gasteiger partial charge in [0, 0.05) is 18.5 Å². The maximum atomic E-state index is 5.39. The number of fused-ring (bicyclic) bond motifs is 1. The van der Waals surface area contributed by atoms with Crippen molar-refractivity contribution in [3.63, 3.8) is 0 Å². The quantitative estimate of drug-likeness (QED) is 0.730. The molecule has 8 heteroatoms. The van der Waals surface area contributed by atoms with Gasteiger partial charge in [-0.3, -0.25) is 14.6 Å². The van der Waals surface area contributed by atoms with E-state index in [1.54, 1.807) is 23.2 Å². The second kappa shape index (κ2) is 4.67. The first-order chi connectivity index (χ1) is 10.3. The molecule has 0 atom stereocenters. The average molecular weight is 299 g/mol. The monoisotopic (exact) mass is 299 g/mol. The van der Waals surface area contributed by atoms with Crippen LogP contribution in [0.4, 0.5) is 0 Å². The zero-order valence-corrected chi connectivity index (χ0v) is 11.5. The van der Waals surface area contributed by atoms with E-state index >= 15 is 0 Å². The number of hydrogen-bond donors (Lipinski definition) is 1. The summed E-state index contributed by atoms with van der Waals surface area (Å²) in [4.78, 5) is 8.31. The topological polar surface area (TPSA) is 77.9 Å². The summed E-state index contributed by atoms with van der Waals surface area (Å²) in [7, 11) is 0. The molecule has 7 nitrogen and oxygen atoms in total. The molecule has 104 valence electrons. The lowest BCUT2D eigenvalue weighted by molar-refractivity contribution is 0.174. The fraction of sp³-hybridized carbons (Fsp3) is 0.0769. The summed E-state index contributed by atoms with van der Waals surface area (Å²) in [5, 5.41) is 7.00. The Hall–Kier alpha value is -2.74. The molecule has 1 aliphatic rings. The lowest BCUT2D eigenvalue weighted by atomic mass is 10.2. The van der Waals surface area contributed by atoms with E-state index in [0.29, 0.717) is 22.0 Å². The van der Waals surface area contributed by atoms with E-state index in [0.717, 1.165) is 11.4 Å². The number of benzene rings is 1. The lowest BCUT2D eigenvalue weighted by Gasteiger charge is -2.07. The van der Waals surface area contributed by atoms with E-state index in [1.165, 1.54) is 0 Å². The van der Waals surface area contributed by atoms with Gasteiger partial charge in [-0.1, -0.05) is 0 Å². The van der Waals surface area contributed by atoms with Gasteiger partial charge in [0.15, 0.2) is 22.1 Å². The molecule has 21 heavy (non-hydrogen) atoms. The van der Waals surface area contributed by atoms with Crippen molar-refractivity contribution in [2.75, 3.05) is 6.79 Å². The van der Waals surface area contributed by atoms with Gasteiger partial charge in [-0.25, -0.2) is 4.98 Å². The van der Waals surface area contributed by atoms with Crippen LogP contribution in [-0.4, -0.2) is 31.5 Å². The molecule has 0 saturated carbocycles. The number of ether oxygens (including phenoxy) is 2. The number of nitrogens with one attached hydrogen (secondary N) is 1. The van der Waals surface area contributed by atoms with Crippen LogP contribution in [0.1, 0.15) is 0 Å². The smallest absolute Gasteiger partial charge is 0.231 e. The molecule has 0 bridgehead atoms. The Balaban J connectivity index is 1.90. The molecule has 1 N–H and O–H groups in total. The zero-order valence-electron chi connectivity index (χ0n) is 10.7. The van der Waals surface area contributed by atoms with Crippen molar-refractivity contribution in [1.82, 2.24) is 24.7 Å². The summed E-state index contributed by atoms with van der Waals surface area (Å²) < 4.78 is 13.0. The van der Waals surface area contributed by atoms with Gasteiger partial charge in [0.05, 0.1) is 11.9 Å². The highest BCUT2D eigenvalue weighted by Crippen LogP contribution is 2.34. The molecule has 3 heterocycles. The molecule has 2 aromatic heterocycles. The van der Waals surface area contributed by atoms with Gasteiger partial charge in [-0.2, -0.15) is 5.10 Å². The molecule has 0 radical (unpaired) electrons. The van der Waals surface area contributed by atoms with Crippen LogP contribution in [0.25, 0.3) is 17.2 Å². The Kier molecular flexibility index (Phi) is 2.68. The van der Waals surface area contributed by atoms with Crippen molar-refractivity contribution >= 4 is 12.2 Å². The molecular formula is C13H9N5O2S. The molecule has 4 rings (SSSR count). The molecule has 0 spiro atoms. The van der Waals surface area contributed by atoms with E-state index in [9.17, 15) is 0 Å². The Bertz CT molecular complexity index is 858. The molecule has 1 aliphatic heterocycles. The van der Waals surface area contributed by atoms with Gasteiger partial charge in [0.2, 0.25) is 6.79 Å².